The Bertz CT molecular complexity index is 1160. The number of hydrogen-bond acceptors (Lipinski definition) is 1. The van der Waals surface area contributed by atoms with E-state index >= 15 is 0 Å². The molecule has 2 heteroatoms. The molecule has 1 unspecified atom stereocenters. The van der Waals surface area contributed by atoms with Gasteiger partial charge < -0.3 is 0 Å². The van der Waals surface area contributed by atoms with Gasteiger partial charge in [0.25, 0.3) is 0 Å². The summed E-state index contributed by atoms with van der Waals surface area (Å²) in [6, 6.07) is 16.1. The smallest absolute Gasteiger partial charge is 0.213 e. The lowest BCUT2D eigenvalue weighted by molar-refractivity contribution is -0.757. The number of nitrogens with zero attached hydrogens (tertiary/aromatic N) is 2. The molecular formula is C30H39N2+. The van der Waals surface area contributed by atoms with Crippen LogP contribution in [0.3, 0.4) is 0 Å². The van der Waals surface area contributed by atoms with Crippen LogP contribution in [0.15, 0.2) is 54.9 Å². The summed E-state index contributed by atoms with van der Waals surface area (Å²) in [7, 11) is 0. The van der Waals surface area contributed by atoms with Crippen molar-refractivity contribution in [2.75, 3.05) is 0 Å². The zero-order valence-corrected chi connectivity index (χ0v) is 21.4. The van der Waals surface area contributed by atoms with Gasteiger partial charge in [0.2, 0.25) is 5.69 Å². The third-order valence-corrected chi connectivity index (χ3v) is 7.74. The van der Waals surface area contributed by atoms with Crippen molar-refractivity contribution in [2.45, 2.75) is 91.0 Å². The predicted octanol–water partition coefficient (Wildman–Crippen LogP) is 7.54. The van der Waals surface area contributed by atoms with E-state index in [1.165, 1.54) is 33.5 Å². The fourth-order valence-corrected chi connectivity index (χ4v) is 5.01. The standard InChI is InChI=1S/C30H39N2/c1-10-30(9)20(2)25-17-21(26-18-22(13-15-31-26)28(3,4)5)11-12-24(25)27-19-23(29(6,7)8)14-16-32(27)30/h11-20H,10H2,1-9H3/q+1/t20?,30-/m1/s1. The van der Waals surface area contributed by atoms with Gasteiger partial charge in [-0.2, -0.15) is 4.57 Å². The van der Waals surface area contributed by atoms with Gasteiger partial charge in [-0.3, -0.25) is 4.98 Å². The molecule has 3 heterocycles. The Morgan fingerprint density at radius 2 is 1.56 bits per heavy atom. The summed E-state index contributed by atoms with van der Waals surface area (Å²) in [5, 5.41) is 0. The molecule has 1 aromatic carbocycles. The lowest BCUT2D eigenvalue weighted by Gasteiger charge is -2.37. The average molecular weight is 428 g/mol. The van der Waals surface area contributed by atoms with Gasteiger partial charge in [-0.15, -0.1) is 0 Å². The van der Waals surface area contributed by atoms with Crippen molar-refractivity contribution in [1.29, 1.82) is 0 Å². The van der Waals surface area contributed by atoms with Crippen LogP contribution in [0, 0.1) is 0 Å². The van der Waals surface area contributed by atoms with Crippen LogP contribution in [0.5, 0.6) is 0 Å². The Labute approximate surface area is 194 Å². The fraction of sp³-hybridized carbons (Fsp3) is 0.467. The highest BCUT2D eigenvalue weighted by atomic mass is 15.1. The fourth-order valence-electron chi connectivity index (χ4n) is 5.01. The zero-order chi connectivity index (χ0) is 23.5. The Morgan fingerprint density at radius 1 is 0.906 bits per heavy atom. The van der Waals surface area contributed by atoms with Crippen molar-refractivity contribution >= 4 is 0 Å². The second-order valence-electron chi connectivity index (χ2n) is 11.8. The normalized spacial score (nSPS) is 20.6. The van der Waals surface area contributed by atoms with Gasteiger partial charge in [-0.05, 0) is 51.8 Å². The van der Waals surface area contributed by atoms with Gasteiger partial charge in [0.15, 0.2) is 11.7 Å². The Hall–Kier alpha value is -2.48. The van der Waals surface area contributed by atoms with Gasteiger partial charge >= 0.3 is 0 Å². The van der Waals surface area contributed by atoms with E-state index in [1.54, 1.807) is 0 Å². The van der Waals surface area contributed by atoms with Gasteiger partial charge in [0, 0.05) is 48.7 Å². The van der Waals surface area contributed by atoms with Crippen LogP contribution in [-0.4, -0.2) is 4.98 Å². The summed E-state index contributed by atoms with van der Waals surface area (Å²) in [5.74, 6) is 0.409. The van der Waals surface area contributed by atoms with Crippen molar-refractivity contribution in [3.8, 4) is 22.5 Å². The molecule has 168 valence electrons. The molecule has 4 rings (SSSR count). The lowest BCUT2D eigenvalue weighted by atomic mass is 9.73. The Kier molecular flexibility index (Phi) is 5.35. The van der Waals surface area contributed by atoms with Crippen molar-refractivity contribution in [3.05, 3.63) is 71.5 Å². The molecule has 0 spiro atoms. The largest absolute Gasteiger partial charge is 0.256 e. The number of aromatic nitrogens is 2. The second-order valence-corrected chi connectivity index (χ2v) is 11.8. The van der Waals surface area contributed by atoms with Crippen molar-refractivity contribution < 1.29 is 4.57 Å². The summed E-state index contributed by atoms with van der Waals surface area (Å²) in [4.78, 5) is 4.74. The monoisotopic (exact) mass is 427 g/mol. The van der Waals surface area contributed by atoms with Crippen LogP contribution in [0.4, 0.5) is 0 Å². The summed E-state index contributed by atoms with van der Waals surface area (Å²) in [6.07, 6.45) is 5.36. The molecule has 0 saturated carbocycles. The minimum Gasteiger partial charge on any atom is -0.256 e. The molecule has 0 aliphatic carbocycles. The van der Waals surface area contributed by atoms with Crippen LogP contribution in [0.25, 0.3) is 22.5 Å². The molecule has 0 amide bonds. The van der Waals surface area contributed by atoms with Crippen molar-refractivity contribution in [2.24, 2.45) is 0 Å². The van der Waals surface area contributed by atoms with Crippen molar-refractivity contribution in [1.82, 2.24) is 4.98 Å². The molecule has 0 saturated heterocycles. The molecule has 32 heavy (non-hydrogen) atoms. The van der Waals surface area contributed by atoms with Crippen LogP contribution in [0.1, 0.15) is 91.3 Å². The van der Waals surface area contributed by atoms with E-state index in [4.69, 9.17) is 4.98 Å². The quantitative estimate of drug-likeness (QED) is 0.386. The summed E-state index contributed by atoms with van der Waals surface area (Å²) < 4.78 is 2.52. The highest BCUT2D eigenvalue weighted by Gasteiger charge is 2.47. The highest BCUT2D eigenvalue weighted by molar-refractivity contribution is 5.71. The third-order valence-electron chi connectivity index (χ3n) is 7.74. The van der Waals surface area contributed by atoms with Gasteiger partial charge in [-0.25, -0.2) is 0 Å². The predicted molar refractivity (Wildman–Crippen MR) is 135 cm³/mol. The minimum atomic E-state index is 0.0397. The topological polar surface area (TPSA) is 16.8 Å². The zero-order valence-electron chi connectivity index (χ0n) is 21.4. The molecular weight excluding hydrogens is 388 g/mol. The van der Waals surface area contributed by atoms with Crippen LogP contribution < -0.4 is 4.57 Å². The molecule has 3 aromatic rings. The molecule has 0 bridgehead atoms. The van der Waals surface area contributed by atoms with Gasteiger partial charge in [-0.1, -0.05) is 61.5 Å². The first-order valence-corrected chi connectivity index (χ1v) is 12.0. The number of pyridine rings is 2. The summed E-state index contributed by atoms with van der Waals surface area (Å²) in [5.41, 5.74) is 9.36. The summed E-state index contributed by atoms with van der Waals surface area (Å²) >= 11 is 0. The molecule has 2 aromatic heterocycles. The van der Waals surface area contributed by atoms with Crippen molar-refractivity contribution in [3.63, 3.8) is 0 Å². The maximum atomic E-state index is 4.74. The molecule has 0 N–H and O–H groups in total. The molecule has 0 fully saturated rings. The maximum Gasteiger partial charge on any atom is 0.213 e. The van der Waals surface area contributed by atoms with E-state index in [9.17, 15) is 0 Å². The van der Waals surface area contributed by atoms with E-state index in [1.807, 2.05) is 6.20 Å². The second kappa shape index (κ2) is 7.54. The van der Waals surface area contributed by atoms with E-state index < -0.39 is 0 Å². The van der Waals surface area contributed by atoms with Crippen LogP contribution in [-0.2, 0) is 16.4 Å². The van der Waals surface area contributed by atoms with E-state index in [0.29, 0.717) is 5.92 Å². The first-order chi connectivity index (χ1) is 14.9. The minimum absolute atomic E-state index is 0.0397. The molecule has 2 nitrogen and oxygen atoms in total. The first kappa shape index (κ1) is 22.7. The van der Waals surface area contributed by atoms with Gasteiger partial charge in [0.1, 0.15) is 0 Å². The van der Waals surface area contributed by atoms with E-state index in [0.717, 1.165) is 12.1 Å². The number of benzene rings is 1. The average Bonchev–Trinajstić information content (AvgIpc) is 2.75. The Balaban J connectivity index is 1.92. The SMILES string of the molecule is CC[C@]1(C)C(C)c2cc(-c3cc(C(C)(C)C)ccn3)ccc2-c2cc(C(C)(C)C)cc[n+]21. The summed E-state index contributed by atoms with van der Waals surface area (Å²) in [6.45, 7) is 20.8. The Morgan fingerprint density at radius 3 is 2.19 bits per heavy atom. The van der Waals surface area contributed by atoms with Crippen LogP contribution in [0.2, 0.25) is 0 Å². The lowest BCUT2D eigenvalue weighted by Crippen LogP contribution is -2.60. The van der Waals surface area contributed by atoms with E-state index in [-0.39, 0.29) is 16.4 Å². The van der Waals surface area contributed by atoms with E-state index in [2.05, 4.69) is 116 Å². The molecule has 1 aliphatic rings. The molecule has 0 radical (unpaired) electrons. The maximum absolute atomic E-state index is 4.74. The number of hydrogen-bond donors (Lipinski definition) is 0. The molecule has 2 atom stereocenters. The molecule has 1 aliphatic heterocycles. The number of fused-ring (bicyclic) bond motifs is 3. The first-order valence-electron chi connectivity index (χ1n) is 12.0. The van der Waals surface area contributed by atoms with Gasteiger partial charge in [0.05, 0.1) is 5.69 Å². The highest BCUT2D eigenvalue weighted by Crippen LogP contribution is 2.44. The third kappa shape index (κ3) is 3.68. The number of rotatable bonds is 2. The van der Waals surface area contributed by atoms with Crippen LogP contribution >= 0.6 is 0 Å².